The molecular formula is C9H11NO2. The molecule has 1 aliphatic heterocycles. The minimum atomic E-state index is -0.121. The van der Waals surface area contributed by atoms with Crippen molar-refractivity contribution in [1.82, 2.24) is 5.32 Å². The van der Waals surface area contributed by atoms with Gasteiger partial charge in [-0.25, -0.2) is 0 Å². The Labute approximate surface area is 71.4 Å². The zero-order chi connectivity index (χ0) is 8.97. The molecule has 1 heterocycles. The molecule has 1 N–H and O–H groups in total. The van der Waals surface area contributed by atoms with Gasteiger partial charge < -0.3 is 10.1 Å². The van der Waals surface area contributed by atoms with E-state index in [1.165, 1.54) is 0 Å². The van der Waals surface area contributed by atoms with Gasteiger partial charge in [-0.15, -0.1) is 0 Å². The Hall–Kier alpha value is -1.51. The van der Waals surface area contributed by atoms with Gasteiger partial charge in [0, 0.05) is 0 Å². The molecule has 1 amide bonds. The third-order valence-corrected chi connectivity index (χ3v) is 1.47. The number of hydrogen-bond acceptors (Lipinski definition) is 2. The van der Waals surface area contributed by atoms with Crippen molar-refractivity contribution in [3.63, 3.8) is 0 Å². The maximum absolute atomic E-state index is 10.9. The first-order valence-corrected chi connectivity index (χ1v) is 3.66. The van der Waals surface area contributed by atoms with Crippen LogP contribution < -0.4 is 5.32 Å². The van der Waals surface area contributed by atoms with Crippen LogP contribution in [0.4, 0.5) is 0 Å². The predicted molar refractivity (Wildman–Crippen MR) is 46.1 cm³/mol. The summed E-state index contributed by atoms with van der Waals surface area (Å²) in [5.74, 6) is 0.608. The number of rotatable bonds is 2. The Kier molecular flexibility index (Phi) is 2.69. The number of carbonyl (C=O) groups is 1. The van der Waals surface area contributed by atoms with E-state index >= 15 is 0 Å². The van der Waals surface area contributed by atoms with Crippen LogP contribution in [0.15, 0.2) is 36.3 Å². The van der Waals surface area contributed by atoms with Gasteiger partial charge >= 0.3 is 0 Å². The maximum atomic E-state index is 10.9. The van der Waals surface area contributed by atoms with Crippen LogP contribution in [-0.2, 0) is 9.53 Å². The summed E-state index contributed by atoms with van der Waals surface area (Å²) in [6.07, 6.45) is 5.13. The Bertz CT molecular complexity index is 264. The largest absolute Gasteiger partial charge is 0.486 e. The Morgan fingerprint density at radius 2 is 2.42 bits per heavy atom. The fourth-order valence-electron chi connectivity index (χ4n) is 0.849. The molecule has 0 radical (unpaired) electrons. The van der Waals surface area contributed by atoms with Crippen LogP contribution in [0.3, 0.4) is 0 Å². The van der Waals surface area contributed by atoms with Crippen molar-refractivity contribution < 1.29 is 9.53 Å². The zero-order valence-electron chi connectivity index (χ0n) is 6.96. The van der Waals surface area contributed by atoms with E-state index in [0.29, 0.717) is 5.70 Å². The van der Waals surface area contributed by atoms with Crippen LogP contribution in [0.25, 0.3) is 0 Å². The highest BCUT2D eigenvalue weighted by Crippen LogP contribution is 2.08. The molecule has 0 aromatic rings. The lowest BCUT2D eigenvalue weighted by molar-refractivity contribution is -0.125. The van der Waals surface area contributed by atoms with Crippen molar-refractivity contribution in [3.05, 3.63) is 36.3 Å². The summed E-state index contributed by atoms with van der Waals surface area (Å²) < 4.78 is 5.08. The minimum Gasteiger partial charge on any atom is -0.486 e. The third-order valence-electron chi connectivity index (χ3n) is 1.47. The van der Waals surface area contributed by atoms with Gasteiger partial charge in [0.25, 0.3) is 5.91 Å². The molecule has 1 rings (SSSR count). The van der Waals surface area contributed by atoms with E-state index in [0.717, 1.165) is 5.76 Å². The molecule has 1 aliphatic rings. The minimum absolute atomic E-state index is 0.108. The lowest BCUT2D eigenvalue weighted by atomic mass is 10.3. The number of nitrogens with one attached hydrogen (secondary N) is 1. The summed E-state index contributed by atoms with van der Waals surface area (Å²) in [5.41, 5.74) is 0.700. The van der Waals surface area contributed by atoms with Gasteiger partial charge in [0.05, 0.1) is 5.70 Å². The SMILES string of the molecule is C=C/C=C\C1=C(C)OCC(=O)N1. The summed E-state index contributed by atoms with van der Waals surface area (Å²) >= 11 is 0. The highest BCUT2D eigenvalue weighted by molar-refractivity contribution is 5.80. The monoisotopic (exact) mass is 165 g/mol. The summed E-state index contributed by atoms with van der Waals surface area (Å²) in [4.78, 5) is 10.9. The average Bonchev–Trinajstić information content (AvgIpc) is 2.07. The molecule has 0 saturated carbocycles. The molecule has 0 aromatic carbocycles. The van der Waals surface area contributed by atoms with Gasteiger partial charge in [0.1, 0.15) is 5.76 Å². The third kappa shape index (κ3) is 1.99. The zero-order valence-corrected chi connectivity index (χ0v) is 6.96. The second kappa shape index (κ2) is 3.76. The molecular weight excluding hydrogens is 154 g/mol. The molecule has 0 aromatic heterocycles. The molecule has 0 unspecified atom stereocenters. The molecule has 3 heteroatoms. The van der Waals surface area contributed by atoms with E-state index < -0.39 is 0 Å². The van der Waals surface area contributed by atoms with Gasteiger partial charge in [0.15, 0.2) is 6.61 Å². The summed E-state index contributed by atoms with van der Waals surface area (Å²) in [5, 5.41) is 2.68. The Morgan fingerprint density at radius 1 is 1.67 bits per heavy atom. The maximum Gasteiger partial charge on any atom is 0.262 e. The molecule has 0 aliphatic carbocycles. The van der Waals surface area contributed by atoms with E-state index in [2.05, 4.69) is 11.9 Å². The molecule has 0 fully saturated rings. The van der Waals surface area contributed by atoms with Gasteiger partial charge in [-0.05, 0) is 13.0 Å². The molecule has 12 heavy (non-hydrogen) atoms. The van der Waals surface area contributed by atoms with Crippen LogP contribution >= 0.6 is 0 Å². The smallest absolute Gasteiger partial charge is 0.262 e. The number of carbonyl (C=O) groups excluding carboxylic acids is 1. The first kappa shape index (κ1) is 8.59. The number of amides is 1. The first-order valence-electron chi connectivity index (χ1n) is 3.66. The summed E-state index contributed by atoms with van der Waals surface area (Å²) in [6, 6.07) is 0. The number of allylic oxidation sites excluding steroid dienone is 4. The fourth-order valence-corrected chi connectivity index (χ4v) is 0.849. The highest BCUT2D eigenvalue weighted by Gasteiger charge is 2.12. The molecule has 64 valence electrons. The average molecular weight is 165 g/mol. The number of ether oxygens (including phenoxy) is 1. The van der Waals surface area contributed by atoms with Crippen LogP contribution in [-0.4, -0.2) is 12.5 Å². The lowest BCUT2D eigenvalue weighted by Crippen LogP contribution is -2.31. The van der Waals surface area contributed by atoms with Crippen LogP contribution in [0.1, 0.15) is 6.92 Å². The number of hydrogen-bond donors (Lipinski definition) is 1. The Balaban J connectivity index is 2.77. The van der Waals surface area contributed by atoms with E-state index in [-0.39, 0.29) is 12.5 Å². The van der Waals surface area contributed by atoms with Crippen molar-refractivity contribution >= 4 is 5.91 Å². The second-order valence-corrected chi connectivity index (χ2v) is 2.40. The van der Waals surface area contributed by atoms with Crippen molar-refractivity contribution in [2.45, 2.75) is 6.92 Å². The molecule has 0 saturated heterocycles. The highest BCUT2D eigenvalue weighted by atomic mass is 16.5. The quantitative estimate of drug-likeness (QED) is 0.622. The predicted octanol–water partition coefficient (Wildman–Crippen LogP) is 1.11. The van der Waals surface area contributed by atoms with E-state index in [1.807, 2.05) is 6.92 Å². The van der Waals surface area contributed by atoms with Crippen LogP contribution in [0.2, 0.25) is 0 Å². The van der Waals surface area contributed by atoms with Crippen molar-refractivity contribution in [2.75, 3.05) is 6.61 Å². The van der Waals surface area contributed by atoms with Crippen molar-refractivity contribution in [3.8, 4) is 0 Å². The fraction of sp³-hybridized carbons (Fsp3) is 0.222. The van der Waals surface area contributed by atoms with Gasteiger partial charge in [-0.1, -0.05) is 18.7 Å². The molecule has 3 nitrogen and oxygen atoms in total. The van der Waals surface area contributed by atoms with Crippen LogP contribution in [0.5, 0.6) is 0 Å². The van der Waals surface area contributed by atoms with E-state index in [4.69, 9.17) is 4.74 Å². The first-order chi connectivity index (χ1) is 5.74. The molecule has 0 spiro atoms. The second-order valence-electron chi connectivity index (χ2n) is 2.40. The normalized spacial score (nSPS) is 17.6. The van der Waals surface area contributed by atoms with Crippen molar-refractivity contribution in [2.24, 2.45) is 0 Å². The van der Waals surface area contributed by atoms with Gasteiger partial charge in [0.2, 0.25) is 0 Å². The summed E-state index contributed by atoms with van der Waals surface area (Å²) in [7, 11) is 0. The Morgan fingerprint density at radius 3 is 3.08 bits per heavy atom. The van der Waals surface area contributed by atoms with E-state index in [1.54, 1.807) is 18.2 Å². The van der Waals surface area contributed by atoms with Gasteiger partial charge in [-0.3, -0.25) is 4.79 Å². The molecule has 0 bridgehead atoms. The van der Waals surface area contributed by atoms with Crippen LogP contribution in [0, 0.1) is 0 Å². The standard InChI is InChI=1S/C9H11NO2/c1-3-4-5-8-7(2)12-6-9(11)10-8/h3-5H,1,6H2,2H3,(H,10,11)/b5-4-. The molecule has 0 atom stereocenters. The van der Waals surface area contributed by atoms with Gasteiger partial charge in [-0.2, -0.15) is 0 Å². The topological polar surface area (TPSA) is 38.3 Å². The van der Waals surface area contributed by atoms with Crippen molar-refractivity contribution in [1.29, 1.82) is 0 Å². The van der Waals surface area contributed by atoms with E-state index in [9.17, 15) is 4.79 Å². The lowest BCUT2D eigenvalue weighted by Gasteiger charge is -2.16. The summed E-state index contributed by atoms with van der Waals surface area (Å²) in [6.45, 7) is 5.44.